The lowest BCUT2D eigenvalue weighted by Gasteiger charge is -2.34. The van der Waals surface area contributed by atoms with Gasteiger partial charge >= 0.3 is 0 Å². The first-order valence-corrected chi connectivity index (χ1v) is 5.72. The van der Waals surface area contributed by atoms with Crippen LogP contribution in [0.25, 0.3) is 0 Å². The van der Waals surface area contributed by atoms with Crippen molar-refractivity contribution < 1.29 is 9.84 Å². The highest BCUT2D eigenvalue weighted by Gasteiger charge is 2.21. The van der Waals surface area contributed by atoms with Gasteiger partial charge in [0.25, 0.3) is 0 Å². The molecule has 1 saturated heterocycles. The summed E-state index contributed by atoms with van der Waals surface area (Å²) in [6, 6.07) is 6.12. The highest BCUT2D eigenvalue weighted by Crippen LogP contribution is 2.07. The van der Waals surface area contributed by atoms with Crippen LogP contribution in [-0.4, -0.2) is 53.9 Å². The van der Waals surface area contributed by atoms with Crippen molar-refractivity contribution in [1.82, 2.24) is 9.88 Å². The molecule has 2 heterocycles. The smallest absolute Gasteiger partial charge is 0.0644 e. The van der Waals surface area contributed by atoms with Crippen molar-refractivity contribution >= 4 is 0 Å². The first-order chi connectivity index (χ1) is 7.90. The number of rotatable bonds is 4. The second-order valence-corrected chi connectivity index (χ2v) is 4.02. The Labute approximate surface area is 95.9 Å². The summed E-state index contributed by atoms with van der Waals surface area (Å²) in [4.78, 5) is 6.57. The summed E-state index contributed by atoms with van der Waals surface area (Å²) in [6.45, 7) is 3.41. The lowest BCUT2D eigenvalue weighted by molar-refractivity contribution is -0.0268. The molecule has 1 fully saturated rings. The molecule has 0 bridgehead atoms. The number of morpholine rings is 1. The standard InChI is InChI=1S/C12H18N2O2/c15-9-12-10-16-8-7-14(12)6-4-11-3-1-2-5-13-11/h1-3,5,12,15H,4,6-10H2. The van der Waals surface area contributed by atoms with Gasteiger partial charge in [-0.1, -0.05) is 6.07 Å². The van der Waals surface area contributed by atoms with E-state index in [4.69, 9.17) is 4.74 Å². The zero-order valence-corrected chi connectivity index (χ0v) is 9.38. The maximum Gasteiger partial charge on any atom is 0.0644 e. The minimum atomic E-state index is 0.150. The van der Waals surface area contributed by atoms with Crippen molar-refractivity contribution in [2.75, 3.05) is 32.9 Å². The molecule has 4 nitrogen and oxygen atoms in total. The highest BCUT2D eigenvalue weighted by molar-refractivity contribution is 5.03. The summed E-state index contributed by atoms with van der Waals surface area (Å²) in [6.07, 6.45) is 2.75. The van der Waals surface area contributed by atoms with Crippen LogP contribution in [0.5, 0.6) is 0 Å². The number of aliphatic hydroxyl groups excluding tert-OH is 1. The van der Waals surface area contributed by atoms with Crippen molar-refractivity contribution in [2.24, 2.45) is 0 Å². The summed E-state index contributed by atoms with van der Waals surface area (Å²) in [7, 11) is 0. The zero-order chi connectivity index (χ0) is 11.2. The minimum absolute atomic E-state index is 0.150. The predicted octanol–water partition coefficient (Wildman–Crippen LogP) is 0.317. The molecule has 0 aliphatic carbocycles. The number of aromatic nitrogens is 1. The van der Waals surface area contributed by atoms with Crippen LogP contribution in [0, 0.1) is 0 Å². The molecule has 1 unspecified atom stereocenters. The van der Waals surface area contributed by atoms with Crippen molar-refractivity contribution in [3.05, 3.63) is 30.1 Å². The lowest BCUT2D eigenvalue weighted by Crippen LogP contribution is -2.48. The molecule has 0 aromatic carbocycles. The fourth-order valence-corrected chi connectivity index (χ4v) is 1.96. The third-order valence-corrected chi connectivity index (χ3v) is 2.94. The van der Waals surface area contributed by atoms with E-state index in [2.05, 4.69) is 9.88 Å². The third kappa shape index (κ3) is 3.01. The van der Waals surface area contributed by atoms with Gasteiger partial charge in [-0.25, -0.2) is 0 Å². The van der Waals surface area contributed by atoms with E-state index in [1.807, 2.05) is 24.4 Å². The molecule has 1 N–H and O–H groups in total. The summed E-state index contributed by atoms with van der Waals surface area (Å²) >= 11 is 0. The summed E-state index contributed by atoms with van der Waals surface area (Å²) < 4.78 is 5.34. The quantitative estimate of drug-likeness (QED) is 0.797. The largest absolute Gasteiger partial charge is 0.395 e. The molecule has 4 heteroatoms. The van der Waals surface area contributed by atoms with Crippen LogP contribution >= 0.6 is 0 Å². The van der Waals surface area contributed by atoms with Crippen LogP contribution in [0.4, 0.5) is 0 Å². The van der Waals surface area contributed by atoms with Gasteiger partial charge in [-0.15, -0.1) is 0 Å². The van der Waals surface area contributed by atoms with Crippen molar-refractivity contribution in [1.29, 1.82) is 0 Å². The molecule has 1 aliphatic heterocycles. The monoisotopic (exact) mass is 222 g/mol. The van der Waals surface area contributed by atoms with Gasteiger partial charge in [0.05, 0.1) is 25.9 Å². The number of pyridine rings is 1. The normalized spacial score (nSPS) is 22.2. The number of hydrogen-bond donors (Lipinski definition) is 1. The van der Waals surface area contributed by atoms with E-state index in [1.54, 1.807) is 0 Å². The molecule has 1 aliphatic rings. The van der Waals surface area contributed by atoms with Crippen LogP contribution in [0.15, 0.2) is 24.4 Å². The average Bonchev–Trinajstić information content (AvgIpc) is 2.38. The van der Waals surface area contributed by atoms with Gasteiger partial charge in [-0.05, 0) is 12.1 Å². The summed E-state index contributed by atoms with van der Waals surface area (Å²) in [5.41, 5.74) is 1.10. The zero-order valence-electron chi connectivity index (χ0n) is 9.38. The van der Waals surface area contributed by atoms with E-state index in [1.165, 1.54) is 0 Å². The Kier molecular flexibility index (Phi) is 4.27. The van der Waals surface area contributed by atoms with E-state index in [0.717, 1.165) is 31.8 Å². The van der Waals surface area contributed by atoms with Crippen LogP contribution in [0.2, 0.25) is 0 Å². The van der Waals surface area contributed by atoms with E-state index >= 15 is 0 Å². The van der Waals surface area contributed by atoms with Gasteiger partial charge in [0.15, 0.2) is 0 Å². The molecular formula is C12H18N2O2. The molecule has 88 valence electrons. The van der Waals surface area contributed by atoms with Gasteiger partial charge in [0.2, 0.25) is 0 Å². The maximum absolute atomic E-state index is 9.22. The SMILES string of the molecule is OCC1COCCN1CCc1ccccn1. The average molecular weight is 222 g/mol. The second-order valence-electron chi connectivity index (χ2n) is 4.02. The lowest BCUT2D eigenvalue weighted by atomic mass is 10.2. The fourth-order valence-electron chi connectivity index (χ4n) is 1.96. The van der Waals surface area contributed by atoms with Crippen molar-refractivity contribution in [3.63, 3.8) is 0 Å². The Hall–Kier alpha value is -0.970. The number of aliphatic hydroxyl groups is 1. The first kappa shape index (κ1) is 11.5. The molecule has 0 radical (unpaired) electrons. The highest BCUT2D eigenvalue weighted by atomic mass is 16.5. The van der Waals surface area contributed by atoms with E-state index in [9.17, 15) is 5.11 Å². The molecule has 0 amide bonds. The minimum Gasteiger partial charge on any atom is -0.395 e. The Morgan fingerprint density at radius 2 is 2.44 bits per heavy atom. The van der Waals surface area contributed by atoms with Crippen LogP contribution < -0.4 is 0 Å². The van der Waals surface area contributed by atoms with Gasteiger partial charge in [0.1, 0.15) is 0 Å². The van der Waals surface area contributed by atoms with Gasteiger partial charge in [-0.2, -0.15) is 0 Å². The Balaban J connectivity index is 1.84. The fraction of sp³-hybridized carbons (Fsp3) is 0.583. The molecule has 0 spiro atoms. The van der Waals surface area contributed by atoms with Gasteiger partial charge in [-0.3, -0.25) is 9.88 Å². The number of nitrogens with zero attached hydrogens (tertiary/aromatic N) is 2. The Morgan fingerprint density at radius 3 is 3.19 bits per heavy atom. The molecule has 0 saturated carbocycles. The third-order valence-electron chi connectivity index (χ3n) is 2.94. The molecular weight excluding hydrogens is 204 g/mol. The second kappa shape index (κ2) is 5.94. The predicted molar refractivity (Wildman–Crippen MR) is 61.2 cm³/mol. The summed E-state index contributed by atoms with van der Waals surface area (Å²) in [5, 5.41) is 9.22. The van der Waals surface area contributed by atoms with Crippen molar-refractivity contribution in [2.45, 2.75) is 12.5 Å². The molecule has 1 aromatic heterocycles. The van der Waals surface area contributed by atoms with E-state index in [0.29, 0.717) is 6.61 Å². The molecule has 2 rings (SSSR count). The Bertz CT molecular complexity index is 305. The van der Waals surface area contributed by atoms with Crippen LogP contribution in [-0.2, 0) is 11.2 Å². The molecule has 1 atom stereocenters. The Morgan fingerprint density at radius 1 is 1.50 bits per heavy atom. The van der Waals surface area contributed by atoms with Crippen molar-refractivity contribution in [3.8, 4) is 0 Å². The maximum atomic E-state index is 9.22. The molecule has 16 heavy (non-hydrogen) atoms. The topological polar surface area (TPSA) is 45.6 Å². The molecule has 1 aromatic rings. The van der Waals surface area contributed by atoms with E-state index in [-0.39, 0.29) is 12.6 Å². The van der Waals surface area contributed by atoms with Crippen LogP contribution in [0.3, 0.4) is 0 Å². The van der Waals surface area contributed by atoms with Gasteiger partial charge < -0.3 is 9.84 Å². The number of ether oxygens (including phenoxy) is 1. The number of hydrogen-bond acceptors (Lipinski definition) is 4. The van der Waals surface area contributed by atoms with Crippen LogP contribution in [0.1, 0.15) is 5.69 Å². The summed E-state index contributed by atoms with van der Waals surface area (Å²) in [5.74, 6) is 0. The first-order valence-electron chi connectivity index (χ1n) is 5.72. The van der Waals surface area contributed by atoms with Gasteiger partial charge in [0, 0.05) is 31.4 Å². The van der Waals surface area contributed by atoms with E-state index < -0.39 is 0 Å².